The Balaban J connectivity index is 2.90. The lowest BCUT2D eigenvalue weighted by Gasteiger charge is -2.05. The van der Waals surface area contributed by atoms with Gasteiger partial charge in [-0.1, -0.05) is 0 Å². The van der Waals surface area contributed by atoms with Gasteiger partial charge in [0.25, 0.3) is 0 Å². The fraction of sp³-hybridized carbons (Fsp3) is 0. The van der Waals surface area contributed by atoms with E-state index in [9.17, 15) is 14.4 Å². The van der Waals surface area contributed by atoms with Crippen molar-refractivity contribution in [2.75, 3.05) is 0 Å². The van der Waals surface area contributed by atoms with Gasteiger partial charge in [0.2, 0.25) is 5.76 Å². The quantitative estimate of drug-likeness (QED) is 0.281. The molecule has 5 nitrogen and oxygen atoms in total. The van der Waals surface area contributed by atoms with Gasteiger partial charge in [-0.2, -0.15) is 0 Å². The summed E-state index contributed by atoms with van der Waals surface area (Å²) in [6, 6.07) is 0. The summed E-state index contributed by atoms with van der Waals surface area (Å²) in [5.74, 6) is -3.31. The topological polar surface area (TPSA) is 69.7 Å². The van der Waals surface area contributed by atoms with Crippen molar-refractivity contribution >= 4 is 17.9 Å². The average molecular weight is 168 g/mol. The zero-order chi connectivity index (χ0) is 9.14. The van der Waals surface area contributed by atoms with E-state index in [-0.39, 0.29) is 0 Å². The number of cyclic esters (lactones) is 3. The number of ether oxygens (including phenoxy) is 2. The Hall–Kier alpha value is -1.91. The molecule has 0 amide bonds. The predicted octanol–water partition coefficient (Wildman–Crippen LogP) is -0.317. The molecule has 12 heavy (non-hydrogen) atoms. The third kappa shape index (κ3) is 1.79. The van der Waals surface area contributed by atoms with Gasteiger partial charge in [0.05, 0.1) is 0 Å². The van der Waals surface area contributed by atoms with Crippen molar-refractivity contribution in [3.8, 4) is 0 Å². The minimum atomic E-state index is -1.06. The van der Waals surface area contributed by atoms with E-state index >= 15 is 0 Å². The Kier molecular flexibility index (Phi) is 2.05. The lowest BCUT2D eigenvalue weighted by Crippen LogP contribution is -2.18. The highest BCUT2D eigenvalue weighted by atomic mass is 16.6. The van der Waals surface area contributed by atoms with Gasteiger partial charge in [-0.25, -0.2) is 14.4 Å². The number of hydrogen-bond acceptors (Lipinski definition) is 5. The number of rotatable bonds is 0. The van der Waals surface area contributed by atoms with Crippen LogP contribution in [0.25, 0.3) is 0 Å². The Bertz CT molecular complexity index is 269. The SMILES string of the molecule is C=C1OC(=O)/C=C/C(=O)OC1=O. The Morgan fingerprint density at radius 1 is 1.00 bits per heavy atom. The van der Waals surface area contributed by atoms with Crippen LogP contribution in [-0.2, 0) is 23.9 Å². The summed E-state index contributed by atoms with van der Waals surface area (Å²) in [4.78, 5) is 31.8. The van der Waals surface area contributed by atoms with Gasteiger partial charge in [0.1, 0.15) is 0 Å². The Labute approximate surface area is 67.3 Å². The third-order valence-corrected chi connectivity index (χ3v) is 1.00. The normalized spacial score (nSPS) is 20.7. The monoisotopic (exact) mass is 168 g/mol. The van der Waals surface area contributed by atoms with Gasteiger partial charge < -0.3 is 9.47 Å². The third-order valence-electron chi connectivity index (χ3n) is 1.00. The van der Waals surface area contributed by atoms with Crippen molar-refractivity contribution in [1.29, 1.82) is 0 Å². The fourth-order valence-electron chi connectivity index (χ4n) is 0.515. The van der Waals surface area contributed by atoms with Gasteiger partial charge in [-0.05, 0) is 6.58 Å². The highest BCUT2D eigenvalue weighted by molar-refractivity contribution is 6.03. The molecule has 0 fully saturated rings. The number of carbonyl (C=O) groups is 3. The van der Waals surface area contributed by atoms with Crippen LogP contribution in [0.2, 0.25) is 0 Å². The number of carbonyl (C=O) groups excluding carboxylic acids is 3. The van der Waals surface area contributed by atoms with Gasteiger partial charge in [-0.15, -0.1) is 0 Å². The molecule has 1 aliphatic heterocycles. The molecule has 0 aliphatic carbocycles. The maximum absolute atomic E-state index is 10.7. The Morgan fingerprint density at radius 2 is 1.50 bits per heavy atom. The molecule has 0 atom stereocenters. The highest BCUT2D eigenvalue weighted by Crippen LogP contribution is 2.02. The molecule has 0 aromatic rings. The summed E-state index contributed by atoms with van der Waals surface area (Å²) in [7, 11) is 0. The van der Waals surface area contributed by atoms with E-state index in [1.807, 2.05) is 0 Å². The van der Waals surface area contributed by atoms with Gasteiger partial charge in [-0.3, -0.25) is 0 Å². The first-order chi connectivity index (χ1) is 5.59. The Morgan fingerprint density at radius 3 is 2.08 bits per heavy atom. The van der Waals surface area contributed by atoms with E-state index < -0.39 is 23.7 Å². The van der Waals surface area contributed by atoms with Crippen molar-refractivity contribution in [3.63, 3.8) is 0 Å². The van der Waals surface area contributed by atoms with Crippen LogP contribution in [-0.4, -0.2) is 17.9 Å². The summed E-state index contributed by atoms with van der Waals surface area (Å²) < 4.78 is 8.42. The fourth-order valence-corrected chi connectivity index (χ4v) is 0.515. The second-order valence-corrected chi connectivity index (χ2v) is 1.89. The molecule has 0 unspecified atom stereocenters. The van der Waals surface area contributed by atoms with Crippen LogP contribution >= 0.6 is 0 Å². The largest absolute Gasteiger partial charge is 0.416 e. The first-order valence-electron chi connectivity index (χ1n) is 2.94. The molecule has 0 radical (unpaired) electrons. The molecule has 5 heteroatoms. The van der Waals surface area contributed by atoms with E-state index in [0.29, 0.717) is 0 Å². The molecule has 0 spiro atoms. The standard InChI is InChI=1S/C7H4O5/c1-4-7(10)12-6(9)3-2-5(8)11-4/h2-3H,1H2/b3-2+. The van der Waals surface area contributed by atoms with Crippen molar-refractivity contribution in [1.82, 2.24) is 0 Å². The van der Waals surface area contributed by atoms with E-state index in [0.717, 1.165) is 12.2 Å². The van der Waals surface area contributed by atoms with Crippen LogP contribution in [0, 0.1) is 0 Å². The first-order valence-corrected chi connectivity index (χ1v) is 2.94. The zero-order valence-corrected chi connectivity index (χ0v) is 5.90. The molecule has 0 aromatic heterocycles. The molecular formula is C7H4O5. The molecule has 0 saturated carbocycles. The van der Waals surface area contributed by atoms with E-state index in [1.54, 1.807) is 0 Å². The van der Waals surface area contributed by atoms with Crippen LogP contribution in [0.4, 0.5) is 0 Å². The number of hydrogen-bond donors (Lipinski definition) is 0. The van der Waals surface area contributed by atoms with Crippen LogP contribution in [0.5, 0.6) is 0 Å². The lowest BCUT2D eigenvalue weighted by molar-refractivity contribution is -0.159. The maximum Gasteiger partial charge on any atom is 0.381 e. The molecule has 1 heterocycles. The smallest absolute Gasteiger partial charge is 0.381 e. The second-order valence-electron chi connectivity index (χ2n) is 1.89. The molecule has 62 valence electrons. The summed E-state index contributed by atoms with van der Waals surface area (Å²) in [6.07, 6.45) is 1.65. The molecule has 0 N–H and O–H groups in total. The lowest BCUT2D eigenvalue weighted by atomic mass is 10.4. The molecule has 0 saturated heterocycles. The summed E-state index contributed by atoms with van der Waals surface area (Å²) >= 11 is 0. The summed E-state index contributed by atoms with van der Waals surface area (Å²) in [5, 5.41) is 0. The first kappa shape index (κ1) is 8.19. The van der Waals surface area contributed by atoms with Gasteiger partial charge in [0.15, 0.2) is 0 Å². The van der Waals surface area contributed by atoms with Gasteiger partial charge >= 0.3 is 17.9 Å². The van der Waals surface area contributed by atoms with E-state index in [2.05, 4.69) is 16.1 Å². The van der Waals surface area contributed by atoms with Crippen LogP contribution < -0.4 is 0 Å². The van der Waals surface area contributed by atoms with Crippen molar-refractivity contribution in [2.45, 2.75) is 0 Å². The van der Waals surface area contributed by atoms with Crippen molar-refractivity contribution in [2.24, 2.45) is 0 Å². The van der Waals surface area contributed by atoms with Gasteiger partial charge in [0, 0.05) is 12.2 Å². The predicted molar refractivity (Wildman–Crippen MR) is 35.5 cm³/mol. The van der Waals surface area contributed by atoms with Crippen LogP contribution in [0.3, 0.4) is 0 Å². The van der Waals surface area contributed by atoms with Crippen LogP contribution in [0.15, 0.2) is 24.5 Å². The minimum absolute atomic E-state index is 0.502. The van der Waals surface area contributed by atoms with E-state index in [1.165, 1.54) is 0 Å². The zero-order valence-electron chi connectivity index (χ0n) is 5.90. The molecular weight excluding hydrogens is 164 g/mol. The summed E-state index contributed by atoms with van der Waals surface area (Å²) in [6.45, 7) is 3.08. The highest BCUT2D eigenvalue weighted by Gasteiger charge is 2.18. The molecule has 1 rings (SSSR count). The van der Waals surface area contributed by atoms with E-state index in [4.69, 9.17) is 0 Å². The number of esters is 3. The van der Waals surface area contributed by atoms with Crippen molar-refractivity contribution < 1.29 is 23.9 Å². The van der Waals surface area contributed by atoms with Crippen LogP contribution in [0.1, 0.15) is 0 Å². The van der Waals surface area contributed by atoms with Crippen molar-refractivity contribution in [3.05, 3.63) is 24.5 Å². The average Bonchev–Trinajstić information content (AvgIpc) is 1.99. The summed E-state index contributed by atoms with van der Waals surface area (Å²) in [5.41, 5.74) is 0. The molecule has 1 aliphatic rings. The maximum atomic E-state index is 10.7. The minimum Gasteiger partial charge on any atom is -0.416 e. The molecule has 0 aromatic carbocycles. The molecule has 0 bridgehead atoms. The second kappa shape index (κ2) is 3.00.